The largest absolute Gasteiger partial charge is 0.293 e. The molecule has 0 saturated carbocycles. The Kier molecular flexibility index (Phi) is 3.82. The lowest BCUT2D eigenvalue weighted by Crippen LogP contribution is -2.35. The minimum atomic E-state index is -3.79. The molecule has 0 atom stereocenters. The molecule has 0 bridgehead atoms. The molecule has 1 heterocycles. The average molecular weight is 327 g/mol. The van der Waals surface area contributed by atoms with Crippen molar-refractivity contribution >= 4 is 27.6 Å². The van der Waals surface area contributed by atoms with Crippen LogP contribution in [0, 0.1) is 13.8 Å². The molecule has 2 aromatic carbocycles. The third-order valence-electron chi connectivity index (χ3n) is 3.81. The highest BCUT2D eigenvalue weighted by Crippen LogP contribution is 2.30. The normalized spacial score (nSPS) is 14.5. The van der Waals surface area contributed by atoms with Gasteiger partial charge in [0.1, 0.15) is 0 Å². The fourth-order valence-corrected chi connectivity index (χ4v) is 4.01. The van der Waals surface area contributed by atoms with Gasteiger partial charge in [-0.25, -0.2) is 8.42 Å². The first-order valence-corrected chi connectivity index (χ1v) is 8.73. The highest BCUT2D eigenvalue weighted by atomic mass is 32.2. The first-order valence-electron chi connectivity index (χ1n) is 7.29. The minimum Gasteiger partial charge on any atom is -0.293 e. The maximum Gasteiger partial charge on any atom is 0.264 e. The van der Waals surface area contributed by atoms with Gasteiger partial charge in [-0.2, -0.15) is 0 Å². The van der Waals surface area contributed by atoms with Gasteiger partial charge >= 0.3 is 0 Å². The molecule has 1 aliphatic heterocycles. The number of aryl methyl sites for hydroxylation is 2. The van der Waals surface area contributed by atoms with Crippen molar-refractivity contribution in [2.75, 3.05) is 10.8 Å². The zero-order valence-electron chi connectivity index (χ0n) is 13.0. The van der Waals surface area contributed by atoms with Crippen LogP contribution in [0.1, 0.15) is 16.7 Å². The van der Waals surface area contributed by atoms with E-state index in [1.165, 1.54) is 10.4 Å². The Balaban J connectivity index is 2.15. The SMILES string of the molecule is Cc1ccc(S(=O)(=O)N2CC(=O)C=Cc3cc(C)ccc32)cc1. The maximum absolute atomic E-state index is 13.0. The summed E-state index contributed by atoms with van der Waals surface area (Å²) in [4.78, 5) is 12.2. The highest BCUT2D eigenvalue weighted by molar-refractivity contribution is 7.92. The van der Waals surface area contributed by atoms with Gasteiger partial charge in [0.25, 0.3) is 10.0 Å². The number of carbonyl (C=O) groups is 1. The van der Waals surface area contributed by atoms with Crippen molar-refractivity contribution in [2.24, 2.45) is 0 Å². The van der Waals surface area contributed by atoms with E-state index in [-0.39, 0.29) is 17.2 Å². The smallest absolute Gasteiger partial charge is 0.264 e. The van der Waals surface area contributed by atoms with Crippen molar-refractivity contribution in [3.05, 3.63) is 65.2 Å². The van der Waals surface area contributed by atoms with Gasteiger partial charge in [-0.15, -0.1) is 0 Å². The number of rotatable bonds is 2. The van der Waals surface area contributed by atoms with Crippen LogP contribution in [-0.2, 0) is 14.8 Å². The second-order valence-electron chi connectivity index (χ2n) is 5.69. The van der Waals surface area contributed by atoms with E-state index in [4.69, 9.17) is 0 Å². The number of sulfonamides is 1. The minimum absolute atomic E-state index is 0.185. The number of fused-ring (bicyclic) bond motifs is 1. The predicted molar refractivity (Wildman–Crippen MR) is 90.9 cm³/mol. The van der Waals surface area contributed by atoms with Gasteiger partial charge in [0.05, 0.1) is 17.1 Å². The second-order valence-corrected chi connectivity index (χ2v) is 7.55. The molecule has 0 spiro atoms. The molecular formula is C18H17NO3S. The first-order chi connectivity index (χ1) is 10.9. The molecule has 23 heavy (non-hydrogen) atoms. The quantitative estimate of drug-likeness (QED) is 0.852. The standard InChI is InChI=1S/C18H17NO3S/c1-13-3-8-17(9-4-13)23(21,22)19-12-16(20)7-6-15-11-14(2)5-10-18(15)19/h3-11H,12H2,1-2H3. The summed E-state index contributed by atoms with van der Waals surface area (Å²) in [6, 6.07) is 12.1. The van der Waals surface area contributed by atoms with Crippen molar-refractivity contribution in [1.29, 1.82) is 0 Å². The Morgan fingerprint density at radius 3 is 2.26 bits per heavy atom. The third kappa shape index (κ3) is 2.92. The molecule has 0 N–H and O–H groups in total. The summed E-state index contributed by atoms with van der Waals surface area (Å²) < 4.78 is 27.2. The van der Waals surface area contributed by atoms with Crippen LogP contribution in [0.25, 0.3) is 6.08 Å². The highest BCUT2D eigenvalue weighted by Gasteiger charge is 2.29. The van der Waals surface area contributed by atoms with Gasteiger partial charge in [-0.1, -0.05) is 29.3 Å². The third-order valence-corrected chi connectivity index (χ3v) is 5.58. The molecule has 3 rings (SSSR count). The molecule has 0 fully saturated rings. The van der Waals surface area contributed by atoms with E-state index in [9.17, 15) is 13.2 Å². The number of anilines is 1. The predicted octanol–water partition coefficient (Wildman–Crippen LogP) is 3.09. The molecule has 118 valence electrons. The monoisotopic (exact) mass is 327 g/mol. The maximum atomic E-state index is 13.0. The van der Waals surface area contributed by atoms with Crippen molar-refractivity contribution < 1.29 is 13.2 Å². The Hall–Kier alpha value is -2.40. The van der Waals surface area contributed by atoms with Crippen LogP contribution in [0.2, 0.25) is 0 Å². The number of hydrogen-bond acceptors (Lipinski definition) is 3. The van der Waals surface area contributed by atoms with E-state index in [0.717, 1.165) is 16.7 Å². The van der Waals surface area contributed by atoms with E-state index in [2.05, 4.69) is 0 Å². The number of ketones is 1. The zero-order valence-corrected chi connectivity index (χ0v) is 13.8. The lowest BCUT2D eigenvalue weighted by atomic mass is 10.1. The average Bonchev–Trinajstić information content (AvgIpc) is 2.67. The van der Waals surface area contributed by atoms with Crippen molar-refractivity contribution in [2.45, 2.75) is 18.7 Å². The van der Waals surface area contributed by atoms with Crippen LogP contribution >= 0.6 is 0 Å². The Morgan fingerprint density at radius 2 is 1.57 bits per heavy atom. The first kappa shape index (κ1) is 15.5. The Labute approximate surface area is 136 Å². The van der Waals surface area contributed by atoms with Gasteiger partial charge < -0.3 is 0 Å². The van der Waals surface area contributed by atoms with Gasteiger partial charge in [-0.05, 0) is 55.8 Å². The van der Waals surface area contributed by atoms with Crippen LogP contribution in [-0.4, -0.2) is 20.7 Å². The van der Waals surface area contributed by atoms with E-state index in [0.29, 0.717) is 5.69 Å². The van der Waals surface area contributed by atoms with Gasteiger partial charge in [0.15, 0.2) is 5.78 Å². The molecule has 5 heteroatoms. The molecule has 1 aliphatic rings. The van der Waals surface area contributed by atoms with Crippen LogP contribution in [0.3, 0.4) is 0 Å². The molecule has 0 unspecified atom stereocenters. The molecular weight excluding hydrogens is 310 g/mol. The van der Waals surface area contributed by atoms with Crippen LogP contribution in [0.4, 0.5) is 5.69 Å². The van der Waals surface area contributed by atoms with Crippen molar-refractivity contribution in [1.82, 2.24) is 0 Å². The van der Waals surface area contributed by atoms with Gasteiger partial charge in [0.2, 0.25) is 0 Å². The van der Waals surface area contributed by atoms with E-state index in [1.807, 2.05) is 26.0 Å². The second kappa shape index (κ2) is 5.66. The molecule has 0 saturated heterocycles. The van der Waals surface area contributed by atoms with Crippen molar-refractivity contribution in [3.8, 4) is 0 Å². The summed E-state index contributed by atoms with van der Waals surface area (Å²) in [7, 11) is -3.79. The van der Waals surface area contributed by atoms with E-state index in [1.54, 1.807) is 36.4 Å². The number of hydrogen-bond donors (Lipinski definition) is 0. The summed E-state index contributed by atoms with van der Waals surface area (Å²) in [5.74, 6) is -0.241. The fraction of sp³-hybridized carbons (Fsp3) is 0.167. The molecule has 0 radical (unpaired) electrons. The molecule has 0 aliphatic carbocycles. The van der Waals surface area contributed by atoms with Gasteiger partial charge in [0, 0.05) is 0 Å². The number of carbonyl (C=O) groups excluding carboxylic acids is 1. The fourth-order valence-electron chi connectivity index (χ4n) is 2.55. The lowest BCUT2D eigenvalue weighted by molar-refractivity contribution is -0.113. The summed E-state index contributed by atoms with van der Waals surface area (Å²) in [5, 5.41) is 0. The summed E-state index contributed by atoms with van der Waals surface area (Å²) in [6.07, 6.45) is 3.11. The van der Waals surface area contributed by atoms with Crippen LogP contribution in [0.5, 0.6) is 0 Å². The Morgan fingerprint density at radius 1 is 0.913 bits per heavy atom. The Bertz CT molecular complexity index is 896. The molecule has 4 nitrogen and oxygen atoms in total. The lowest BCUT2D eigenvalue weighted by Gasteiger charge is -2.24. The molecule has 2 aromatic rings. The number of nitrogens with zero attached hydrogens (tertiary/aromatic N) is 1. The van der Waals surface area contributed by atoms with Crippen molar-refractivity contribution in [3.63, 3.8) is 0 Å². The summed E-state index contributed by atoms with van der Waals surface area (Å²) >= 11 is 0. The van der Waals surface area contributed by atoms with Crippen LogP contribution < -0.4 is 4.31 Å². The van der Waals surface area contributed by atoms with Gasteiger partial charge in [-0.3, -0.25) is 9.10 Å². The van der Waals surface area contributed by atoms with Crippen LogP contribution in [0.15, 0.2) is 53.4 Å². The summed E-state index contributed by atoms with van der Waals surface area (Å²) in [5.41, 5.74) is 3.24. The summed E-state index contributed by atoms with van der Waals surface area (Å²) in [6.45, 7) is 3.64. The van der Waals surface area contributed by atoms with E-state index < -0.39 is 10.0 Å². The van der Waals surface area contributed by atoms with E-state index >= 15 is 0 Å². The number of benzene rings is 2. The topological polar surface area (TPSA) is 54.5 Å². The molecule has 0 amide bonds. The zero-order chi connectivity index (χ0) is 16.6. The molecule has 0 aromatic heterocycles.